The van der Waals surface area contributed by atoms with Crippen LogP contribution in [0.4, 0.5) is 0 Å². The average Bonchev–Trinajstić information content (AvgIpc) is 2.67. The summed E-state index contributed by atoms with van der Waals surface area (Å²) in [5.74, 6) is 0.149. The van der Waals surface area contributed by atoms with E-state index in [9.17, 15) is 4.79 Å². The van der Waals surface area contributed by atoms with Crippen LogP contribution < -0.4 is 5.73 Å². The van der Waals surface area contributed by atoms with Gasteiger partial charge in [0, 0.05) is 7.14 Å². The van der Waals surface area contributed by atoms with E-state index in [2.05, 4.69) is 81.6 Å². The predicted molar refractivity (Wildman–Crippen MR) is 138 cm³/mol. The number of aliphatic carboxylic acids is 1. The number of rotatable bonds is 3. The Morgan fingerprint density at radius 1 is 0.931 bits per heavy atom. The highest BCUT2D eigenvalue weighted by Crippen LogP contribution is 2.34. The maximum absolute atomic E-state index is 10.7. The Labute approximate surface area is 202 Å². The zero-order valence-corrected chi connectivity index (χ0v) is 20.3. The number of aryl methyl sites for hydroxylation is 2. The first kappa shape index (κ1) is 24.6. The Morgan fingerprint density at radius 2 is 1.41 bits per heavy atom. The van der Waals surface area contributed by atoms with Crippen LogP contribution in [-0.4, -0.2) is 17.6 Å². The summed E-state index contributed by atoms with van der Waals surface area (Å²) in [6, 6.07) is 13.1. The molecule has 2 aliphatic carbocycles. The molecule has 0 saturated heterocycles. The van der Waals surface area contributed by atoms with E-state index in [1.807, 2.05) is 0 Å². The summed E-state index contributed by atoms with van der Waals surface area (Å²) in [5, 5.41) is 8.84. The minimum atomic E-state index is -0.689. The lowest BCUT2D eigenvalue weighted by atomic mass is 9.81. The first-order valence-electron chi connectivity index (χ1n) is 9.96. The van der Waals surface area contributed by atoms with Crippen molar-refractivity contribution in [1.82, 2.24) is 0 Å². The fraction of sp³-hybridized carbons (Fsp3) is 0.458. The third-order valence-electron chi connectivity index (χ3n) is 5.79. The van der Waals surface area contributed by atoms with Crippen LogP contribution in [-0.2, 0) is 17.6 Å². The van der Waals surface area contributed by atoms with Crippen LogP contribution in [0.2, 0.25) is 0 Å². The number of carbonyl (C=O) groups is 1. The van der Waals surface area contributed by atoms with Crippen molar-refractivity contribution in [2.75, 3.05) is 6.54 Å². The summed E-state index contributed by atoms with van der Waals surface area (Å²) in [5.41, 5.74) is 11.4. The molecule has 3 nitrogen and oxygen atoms in total. The van der Waals surface area contributed by atoms with Crippen molar-refractivity contribution < 1.29 is 9.90 Å². The number of carboxylic acids is 1. The zero-order chi connectivity index (χ0) is 20.1. The molecule has 2 aromatic rings. The number of fused-ring (bicyclic) bond motifs is 2. The second-order valence-corrected chi connectivity index (χ2v) is 10.2. The molecule has 0 saturated carbocycles. The van der Waals surface area contributed by atoms with Gasteiger partial charge in [-0.05, 0) is 149 Å². The van der Waals surface area contributed by atoms with Crippen LogP contribution in [0, 0.1) is 7.14 Å². The largest absolute Gasteiger partial charge is 0.481 e. The highest BCUT2D eigenvalue weighted by molar-refractivity contribution is 14.1. The molecule has 3 N–H and O–H groups in total. The van der Waals surface area contributed by atoms with Crippen LogP contribution in [0.25, 0.3) is 0 Å². The Morgan fingerprint density at radius 3 is 1.90 bits per heavy atom. The first-order valence-corrected chi connectivity index (χ1v) is 12.1. The Bertz CT molecular complexity index is 838. The molecule has 29 heavy (non-hydrogen) atoms. The third kappa shape index (κ3) is 6.66. The molecule has 0 fully saturated rings. The Kier molecular flexibility index (Phi) is 9.88. The summed E-state index contributed by atoms with van der Waals surface area (Å²) < 4.78 is 2.58. The summed E-state index contributed by atoms with van der Waals surface area (Å²) in [6.07, 6.45) is 7.31. The molecule has 2 aliphatic rings. The quantitative estimate of drug-likeness (QED) is 0.387. The predicted octanol–water partition coefficient (Wildman–Crippen LogP) is 6.49. The van der Waals surface area contributed by atoms with Crippen molar-refractivity contribution >= 4 is 51.2 Å². The fourth-order valence-corrected chi connectivity index (χ4v) is 5.55. The SMILES string of the molecule is C.NC[C@@H]1CCCc2cc(I)ccc21.O=C(O)C[C@@H]1CCCc2cc(I)ccc21. The number of hydrogen-bond acceptors (Lipinski definition) is 2. The minimum absolute atomic E-state index is 0. The van der Waals surface area contributed by atoms with Gasteiger partial charge in [0.1, 0.15) is 0 Å². The number of nitrogens with two attached hydrogens (primary N) is 1. The van der Waals surface area contributed by atoms with Gasteiger partial charge in [-0.3, -0.25) is 4.79 Å². The van der Waals surface area contributed by atoms with Crippen LogP contribution in [0.5, 0.6) is 0 Å². The summed E-state index contributed by atoms with van der Waals surface area (Å²) in [7, 11) is 0. The van der Waals surface area contributed by atoms with Crippen LogP contribution in [0.1, 0.15) is 73.6 Å². The normalized spacial score (nSPS) is 19.7. The van der Waals surface area contributed by atoms with E-state index in [4.69, 9.17) is 10.8 Å². The van der Waals surface area contributed by atoms with Gasteiger partial charge < -0.3 is 10.8 Å². The van der Waals surface area contributed by atoms with Gasteiger partial charge in [0.15, 0.2) is 0 Å². The lowest BCUT2D eigenvalue weighted by Gasteiger charge is -2.24. The second-order valence-electron chi connectivity index (χ2n) is 7.70. The van der Waals surface area contributed by atoms with Crippen molar-refractivity contribution in [3.8, 4) is 0 Å². The molecule has 158 valence electrons. The molecule has 4 rings (SSSR count). The van der Waals surface area contributed by atoms with Gasteiger partial charge in [-0.2, -0.15) is 0 Å². The van der Waals surface area contributed by atoms with E-state index in [0.29, 0.717) is 5.92 Å². The van der Waals surface area contributed by atoms with E-state index in [-0.39, 0.29) is 19.8 Å². The maximum atomic E-state index is 10.7. The van der Waals surface area contributed by atoms with Gasteiger partial charge in [0.25, 0.3) is 0 Å². The van der Waals surface area contributed by atoms with Gasteiger partial charge >= 0.3 is 5.97 Å². The van der Waals surface area contributed by atoms with E-state index < -0.39 is 5.97 Å². The standard InChI is InChI=1S/C12H13IO2.C11H14IN.CH4/c13-10-4-5-11-8(6-10)2-1-3-9(11)7-12(14)15;12-10-4-5-11-8(6-10)2-1-3-9(11)7-13;/h4-6,9H,1-3,7H2,(H,14,15);4-6,9H,1-3,7,13H2;1H4/t2*9-;/m00./s1. The van der Waals surface area contributed by atoms with Gasteiger partial charge in [0.05, 0.1) is 6.42 Å². The molecule has 5 heteroatoms. The maximum Gasteiger partial charge on any atom is 0.303 e. The molecule has 0 aromatic heterocycles. The average molecular weight is 619 g/mol. The molecular formula is C24H31I2NO2. The van der Waals surface area contributed by atoms with Crippen molar-refractivity contribution in [2.45, 2.75) is 64.2 Å². The molecule has 0 bridgehead atoms. The first-order chi connectivity index (χ1) is 13.5. The lowest BCUT2D eigenvalue weighted by Crippen LogP contribution is -2.18. The van der Waals surface area contributed by atoms with Gasteiger partial charge in [-0.1, -0.05) is 19.6 Å². The van der Waals surface area contributed by atoms with Crippen molar-refractivity contribution in [1.29, 1.82) is 0 Å². The second kappa shape index (κ2) is 11.6. The Balaban J connectivity index is 0.000000202. The van der Waals surface area contributed by atoms with Gasteiger partial charge in [-0.25, -0.2) is 0 Å². The zero-order valence-electron chi connectivity index (χ0n) is 16.0. The lowest BCUT2D eigenvalue weighted by molar-refractivity contribution is -0.137. The molecular weight excluding hydrogens is 588 g/mol. The summed E-state index contributed by atoms with van der Waals surface area (Å²) >= 11 is 4.68. The molecule has 0 amide bonds. The van der Waals surface area contributed by atoms with Crippen LogP contribution >= 0.6 is 45.2 Å². The summed E-state index contributed by atoms with van der Waals surface area (Å²) in [4.78, 5) is 10.7. The molecule has 0 heterocycles. The van der Waals surface area contributed by atoms with Crippen LogP contribution in [0.15, 0.2) is 36.4 Å². The molecule has 0 unspecified atom stereocenters. The molecule has 2 aromatic carbocycles. The highest BCUT2D eigenvalue weighted by Gasteiger charge is 2.22. The monoisotopic (exact) mass is 619 g/mol. The molecule has 0 aliphatic heterocycles. The van der Waals surface area contributed by atoms with Gasteiger partial charge in [0.2, 0.25) is 0 Å². The highest BCUT2D eigenvalue weighted by atomic mass is 127. The van der Waals surface area contributed by atoms with Crippen LogP contribution in [0.3, 0.4) is 0 Å². The van der Waals surface area contributed by atoms with E-state index in [1.165, 1.54) is 48.7 Å². The molecule has 0 spiro atoms. The summed E-state index contributed by atoms with van der Waals surface area (Å²) in [6.45, 7) is 0.799. The Hall–Kier alpha value is -0.670. The van der Waals surface area contributed by atoms with E-state index >= 15 is 0 Å². The fourth-order valence-electron chi connectivity index (χ4n) is 4.43. The number of halogens is 2. The van der Waals surface area contributed by atoms with E-state index in [0.717, 1.165) is 25.8 Å². The molecule has 0 radical (unpaired) electrons. The molecule has 2 atom stereocenters. The van der Waals surface area contributed by atoms with Crippen molar-refractivity contribution in [3.05, 3.63) is 65.8 Å². The number of benzene rings is 2. The van der Waals surface area contributed by atoms with E-state index in [1.54, 1.807) is 0 Å². The van der Waals surface area contributed by atoms with Crippen molar-refractivity contribution in [2.24, 2.45) is 5.73 Å². The minimum Gasteiger partial charge on any atom is -0.481 e. The third-order valence-corrected chi connectivity index (χ3v) is 7.13. The smallest absolute Gasteiger partial charge is 0.303 e. The number of hydrogen-bond donors (Lipinski definition) is 2. The van der Waals surface area contributed by atoms with Gasteiger partial charge in [-0.15, -0.1) is 0 Å². The topological polar surface area (TPSA) is 63.3 Å². The number of carboxylic acid groups (broad SMARTS) is 1. The van der Waals surface area contributed by atoms with Crippen molar-refractivity contribution in [3.63, 3.8) is 0 Å².